The fraction of sp³-hybridized carbons (Fsp3) is 0.310. The summed E-state index contributed by atoms with van der Waals surface area (Å²) in [4.78, 5) is 29.4. The third-order valence-corrected chi connectivity index (χ3v) is 8.15. The van der Waals surface area contributed by atoms with E-state index in [0.29, 0.717) is 12.1 Å². The molecule has 1 aliphatic rings. The van der Waals surface area contributed by atoms with Crippen molar-refractivity contribution in [2.45, 2.75) is 36.8 Å². The van der Waals surface area contributed by atoms with Gasteiger partial charge in [0.15, 0.2) is 0 Å². The molecule has 48 heavy (non-hydrogen) atoms. The van der Waals surface area contributed by atoms with E-state index in [0.717, 1.165) is 37.6 Å². The van der Waals surface area contributed by atoms with Crippen molar-refractivity contribution < 1.29 is 59.3 Å². The number of aromatic nitrogens is 3. The molecule has 0 unspecified atom stereocenters. The number of benzene rings is 2. The number of nitrogens with zero attached hydrogens (tertiary/aromatic N) is 3. The summed E-state index contributed by atoms with van der Waals surface area (Å²) in [6, 6.07) is 4.99. The van der Waals surface area contributed by atoms with Crippen molar-refractivity contribution in [1.29, 1.82) is 0 Å². The van der Waals surface area contributed by atoms with Crippen molar-refractivity contribution >= 4 is 34.3 Å². The second-order valence-electron chi connectivity index (χ2n) is 11.0. The quantitative estimate of drug-likeness (QED) is 0.206. The molecular weight excluding hydrogens is 686 g/mol. The highest BCUT2D eigenvalue weighted by molar-refractivity contribution is 6.31. The first-order valence-electron chi connectivity index (χ1n) is 13.5. The summed E-state index contributed by atoms with van der Waals surface area (Å²) in [5.74, 6) is -2.70. The molecule has 0 saturated carbocycles. The number of ether oxygens (including phenoxy) is 2. The van der Waals surface area contributed by atoms with E-state index in [1.54, 1.807) is 0 Å². The maximum atomic E-state index is 14.7. The zero-order valence-corrected chi connectivity index (χ0v) is 25.2. The van der Waals surface area contributed by atoms with Gasteiger partial charge in [0.05, 0.1) is 29.9 Å². The van der Waals surface area contributed by atoms with E-state index in [9.17, 15) is 49.8 Å². The highest BCUT2D eigenvalue weighted by atomic mass is 35.5. The van der Waals surface area contributed by atoms with Crippen LogP contribution in [0.5, 0.6) is 11.5 Å². The number of amides is 2. The second-order valence-corrected chi connectivity index (χ2v) is 11.4. The Morgan fingerprint density at radius 2 is 1.85 bits per heavy atom. The summed E-state index contributed by atoms with van der Waals surface area (Å²) in [5.41, 5.74) is -4.14. The predicted octanol–water partition coefficient (Wildman–Crippen LogP) is 5.49. The van der Waals surface area contributed by atoms with Gasteiger partial charge >= 0.3 is 18.9 Å². The lowest BCUT2D eigenvalue weighted by Crippen LogP contribution is -2.51. The van der Waals surface area contributed by atoms with Crippen LogP contribution in [0, 0.1) is 0 Å². The Bertz CT molecular complexity index is 1950. The molecule has 19 heteroatoms. The Morgan fingerprint density at radius 3 is 2.42 bits per heavy atom. The number of rotatable bonds is 8. The summed E-state index contributed by atoms with van der Waals surface area (Å²) in [6.07, 6.45) is -9.56. The van der Waals surface area contributed by atoms with Crippen molar-refractivity contribution in [2.75, 3.05) is 20.3 Å². The molecule has 1 aliphatic heterocycles. The molecule has 2 atom stereocenters. The molecule has 0 saturated heterocycles. The number of primary amides is 1. The maximum Gasteiger partial charge on any atom is 0.424 e. The Hall–Kier alpha value is -4.71. The molecule has 0 bridgehead atoms. The fourth-order valence-electron chi connectivity index (χ4n) is 5.04. The van der Waals surface area contributed by atoms with Gasteiger partial charge in [0.2, 0.25) is 11.5 Å². The summed E-state index contributed by atoms with van der Waals surface area (Å²) in [7, 11) is 1.14. The van der Waals surface area contributed by atoms with Gasteiger partial charge in [-0.3, -0.25) is 9.59 Å². The Kier molecular flexibility index (Phi) is 8.48. The number of halogens is 9. The third kappa shape index (κ3) is 5.82. The molecule has 256 valence electrons. The van der Waals surface area contributed by atoms with E-state index < -0.39 is 76.9 Å². The molecule has 2 amide bonds. The van der Waals surface area contributed by atoms with Crippen LogP contribution in [0.4, 0.5) is 35.1 Å². The number of nitrogens with one attached hydrogen (secondary N) is 1. The number of alkyl halides is 8. The van der Waals surface area contributed by atoms with Crippen molar-refractivity contribution in [3.63, 3.8) is 0 Å². The standard InChI is InChI=1S/C29H22ClF8N5O5/c1-26(24(39)45)11-48-22-16(26)8-19(41-21(22)12-3-4-15(17(30)6-12)28(33,34)35)27(46,29(36,37)38)10-40-23(44)13-5-14-9-43(25(31)32)42-20(14)18(7-13)47-2/h3-9,25,46H,10-11H2,1-2H3,(H2,39,45)(H,40,44)/t26-,27-/m0/s1. The number of methoxy groups -OCH3 is 1. The minimum Gasteiger partial charge on any atom is -0.494 e. The molecule has 4 aromatic rings. The van der Waals surface area contributed by atoms with Gasteiger partial charge in [-0.2, -0.15) is 40.2 Å². The number of aliphatic hydroxyl groups is 1. The van der Waals surface area contributed by atoms with Gasteiger partial charge in [0.1, 0.15) is 34.7 Å². The van der Waals surface area contributed by atoms with Crippen molar-refractivity contribution in [3.05, 3.63) is 70.0 Å². The highest BCUT2D eigenvalue weighted by Gasteiger charge is 2.58. The van der Waals surface area contributed by atoms with E-state index in [4.69, 9.17) is 26.8 Å². The molecule has 0 radical (unpaired) electrons. The molecule has 3 heterocycles. The van der Waals surface area contributed by atoms with Crippen LogP contribution in [0.25, 0.3) is 22.2 Å². The third-order valence-electron chi connectivity index (χ3n) is 7.84. The zero-order chi connectivity index (χ0) is 35.6. The highest BCUT2D eigenvalue weighted by Crippen LogP contribution is 2.48. The molecule has 0 aliphatic carbocycles. The topological polar surface area (TPSA) is 142 Å². The fourth-order valence-corrected chi connectivity index (χ4v) is 5.33. The largest absolute Gasteiger partial charge is 0.494 e. The van der Waals surface area contributed by atoms with Crippen molar-refractivity contribution in [2.24, 2.45) is 5.73 Å². The SMILES string of the molecule is COc1cc(C(=O)NC[C@](O)(c2cc3c(c(-c4ccc(C(F)(F)F)c(Cl)c4)n2)OC[C@]3(C)C(N)=O)C(F)(F)F)cc2cn(C(F)F)nc12. The van der Waals surface area contributed by atoms with Crippen molar-refractivity contribution in [3.8, 4) is 22.8 Å². The van der Waals surface area contributed by atoms with Gasteiger partial charge < -0.3 is 25.6 Å². The number of pyridine rings is 1. The molecule has 4 N–H and O–H groups in total. The minimum absolute atomic E-state index is 0.0169. The van der Waals surface area contributed by atoms with Crippen LogP contribution >= 0.6 is 11.6 Å². The van der Waals surface area contributed by atoms with Crippen LogP contribution in [0.15, 0.2) is 42.6 Å². The number of carbonyl (C=O) groups is 2. The normalized spacial score (nSPS) is 17.6. The second kappa shape index (κ2) is 11.8. The van der Waals surface area contributed by atoms with Crippen LogP contribution in [0.1, 0.15) is 40.7 Å². The summed E-state index contributed by atoms with van der Waals surface area (Å²) in [6.45, 7) is -3.88. The van der Waals surface area contributed by atoms with Crippen LogP contribution in [0.2, 0.25) is 5.02 Å². The number of hydrogen-bond donors (Lipinski definition) is 3. The number of carbonyl (C=O) groups excluding carboxylic acids is 2. The first-order valence-corrected chi connectivity index (χ1v) is 13.9. The smallest absolute Gasteiger partial charge is 0.424 e. The molecule has 0 spiro atoms. The lowest BCUT2D eigenvalue weighted by Gasteiger charge is -2.31. The molecule has 2 aromatic heterocycles. The van der Waals surface area contributed by atoms with Crippen LogP contribution < -0.4 is 20.5 Å². The zero-order valence-electron chi connectivity index (χ0n) is 24.4. The Morgan fingerprint density at radius 1 is 1.17 bits per heavy atom. The lowest BCUT2D eigenvalue weighted by molar-refractivity contribution is -0.265. The first-order chi connectivity index (χ1) is 22.2. The Labute approximate surface area is 269 Å². The predicted molar refractivity (Wildman–Crippen MR) is 152 cm³/mol. The first kappa shape index (κ1) is 34.6. The Balaban J connectivity index is 1.60. The number of nitrogens with two attached hydrogens (primary N) is 1. The monoisotopic (exact) mass is 707 g/mol. The summed E-state index contributed by atoms with van der Waals surface area (Å²) < 4.78 is 122. The van der Waals surface area contributed by atoms with Gasteiger partial charge in [-0.1, -0.05) is 17.7 Å². The lowest BCUT2D eigenvalue weighted by atomic mass is 9.81. The van der Waals surface area contributed by atoms with Crippen LogP contribution in [-0.2, 0) is 22.0 Å². The molecule has 10 nitrogen and oxygen atoms in total. The number of fused-ring (bicyclic) bond motifs is 2. The molecule has 2 aromatic carbocycles. The van der Waals surface area contributed by atoms with Gasteiger partial charge in [-0.05, 0) is 37.3 Å². The van der Waals surface area contributed by atoms with E-state index in [2.05, 4.69) is 10.1 Å². The van der Waals surface area contributed by atoms with E-state index in [1.165, 1.54) is 6.92 Å². The maximum absolute atomic E-state index is 14.7. The molecular formula is C29H22ClF8N5O5. The molecule has 5 rings (SSSR count). The van der Waals surface area contributed by atoms with Crippen LogP contribution in [-0.4, -0.2) is 58.1 Å². The number of hydrogen-bond acceptors (Lipinski definition) is 7. The van der Waals surface area contributed by atoms with Crippen molar-refractivity contribution in [1.82, 2.24) is 20.1 Å². The average molecular weight is 708 g/mol. The van der Waals surface area contributed by atoms with E-state index in [1.807, 2.05) is 5.32 Å². The summed E-state index contributed by atoms with van der Waals surface area (Å²) in [5, 5.41) is 16.0. The van der Waals surface area contributed by atoms with Gasteiger partial charge in [0.25, 0.3) is 5.91 Å². The van der Waals surface area contributed by atoms with Gasteiger partial charge in [0, 0.05) is 28.3 Å². The van der Waals surface area contributed by atoms with E-state index in [-0.39, 0.29) is 43.8 Å². The summed E-state index contributed by atoms with van der Waals surface area (Å²) >= 11 is 5.85. The van der Waals surface area contributed by atoms with Gasteiger partial charge in [-0.15, -0.1) is 0 Å². The molecule has 0 fully saturated rings. The average Bonchev–Trinajstić information content (AvgIpc) is 3.60. The van der Waals surface area contributed by atoms with Crippen LogP contribution in [0.3, 0.4) is 0 Å². The van der Waals surface area contributed by atoms with Gasteiger partial charge in [-0.25, -0.2) is 9.67 Å². The van der Waals surface area contributed by atoms with E-state index >= 15 is 0 Å². The minimum atomic E-state index is -5.57.